The van der Waals surface area contributed by atoms with Crippen molar-refractivity contribution in [2.45, 2.75) is 0 Å². The molecule has 20 heavy (non-hydrogen) atoms. The van der Waals surface area contributed by atoms with Crippen molar-refractivity contribution in [3.63, 3.8) is 0 Å². The Kier molecular flexibility index (Phi) is 5.04. The zero-order chi connectivity index (χ0) is 14.5. The number of hydrogen-bond donors (Lipinski definition) is 0. The van der Waals surface area contributed by atoms with Gasteiger partial charge in [-0.3, -0.25) is 9.59 Å². The highest BCUT2D eigenvalue weighted by Gasteiger charge is 2.35. The maximum atomic E-state index is 12.4. The van der Waals surface area contributed by atoms with Crippen LogP contribution in [0, 0.1) is 0 Å². The molecule has 0 N–H and O–H groups in total. The Bertz CT molecular complexity index is 564. The predicted molar refractivity (Wildman–Crippen MR) is 87.4 cm³/mol. The number of ketones is 2. The Morgan fingerprint density at radius 3 is 1.80 bits per heavy atom. The van der Waals surface area contributed by atoms with E-state index in [0.717, 1.165) is 4.24 Å². The molecule has 4 heteroatoms. The van der Waals surface area contributed by atoms with Crippen LogP contribution in [0.2, 0.25) is 0 Å². The highest BCUT2D eigenvalue weighted by atomic mass is 32.2. The first kappa shape index (κ1) is 14.9. The van der Waals surface area contributed by atoms with Crippen LogP contribution in [0.1, 0.15) is 20.7 Å². The van der Waals surface area contributed by atoms with Gasteiger partial charge in [-0.15, -0.1) is 36.7 Å². The Labute approximate surface area is 127 Å². The smallest absolute Gasteiger partial charge is 0.199 e. The average Bonchev–Trinajstić information content (AvgIpc) is 2.73. The standard InChI is InChI=1S/C16H14O2S2/c1-3-9-19-16(20-10-4-2)13-14(17)11-7-5-6-8-12(11)15(13)18/h3-8H,1-2,9-10H2. The third-order valence-corrected chi connectivity index (χ3v) is 5.18. The number of rotatable bonds is 6. The molecule has 1 aromatic carbocycles. The highest BCUT2D eigenvalue weighted by molar-refractivity contribution is 8.22. The lowest BCUT2D eigenvalue weighted by atomic mass is 10.1. The molecule has 0 heterocycles. The zero-order valence-corrected chi connectivity index (χ0v) is 12.6. The second kappa shape index (κ2) is 6.77. The molecule has 1 aliphatic rings. The third kappa shape index (κ3) is 2.81. The van der Waals surface area contributed by atoms with E-state index in [1.165, 1.54) is 23.5 Å². The van der Waals surface area contributed by atoms with E-state index in [-0.39, 0.29) is 11.6 Å². The van der Waals surface area contributed by atoms with Crippen molar-refractivity contribution < 1.29 is 9.59 Å². The summed E-state index contributed by atoms with van der Waals surface area (Å²) in [5.74, 6) is 0.988. The average molecular weight is 302 g/mol. The molecule has 1 aliphatic carbocycles. The molecule has 0 bridgehead atoms. The Balaban J connectivity index is 2.44. The fourth-order valence-electron chi connectivity index (χ4n) is 1.89. The van der Waals surface area contributed by atoms with Gasteiger partial charge in [-0.25, -0.2) is 0 Å². The molecule has 0 amide bonds. The number of carbonyl (C=O) groups is 2. The molecule has 0 saturated heterocycles. The fourth-order valence-corrected chi connectivity index (χ4v) is 3.83. The minimum Gasteiger partial charge on any atom is -0.288 e. The molecule has 0 atom stereocenters. The van der Waals surface area contributed by atoms with Crippen molar-refractivity contribution in [2.75, 3.05) is 11.5 Å². The lowest BCUT2D eigenvalue weighted by Crippen LogP contribution is -2.03. The molecule has 0 aromatic heterocycles. The molecule has 1 aromatic rings. The van der Waals surface area contributed by atoms with Crippen LogP contribution in [-0.4, -0.2) is 23.1 Å². The molecular weight excluding hydrogens is 288 g/mol. The van der Waals surface area contributed by atoms with Gasteiger partial charge in [0.1, 0.15) is 0 Å². The molecule has 0 unspecified atom stereocenters. The minimum atomic E-state index is -0.172. The molecule has 0 fully saturated rings. The Morgan fingerprint density at radius 1 is 0.950 bits per heavy atom. The Morgan fingerprint density at radius 2 is 1.40 bits per heavy atom. The van der Waals surface area contributed by atoms with E-state index >= 15 is 0 Å². The van der Waals surface area contributed by atoms with Crippen LogP contribution < -0.4 is 0 Å². The van der Waals surface area contributed by atoms with Gasteiger partial charge < -0.3 is 0 Å². The van der Waals surface area contributed by atoms with E-state index in [4.69, 9.17) is 0 Å². The van der Waals surface area contributed by atoms with Crippen molar-refractivity contribution >= 4 is 35.1 Å². The summed E-state index contributed by atoms with van der Waals surface area (Å²) in [5, 5.41) is 0. The molecule has 2 rings (SSSR count). The van der Waals surface area contributed by atoms with Crippen LogP contribution in [0.15, 0.2) is 59.4 Å². The molecule has 0 spiro atoms. The monoisotopic (exact) mass is 302 g/mol. The van der Waals surface area contributed by atoms with Gasteiger partial charge in [0, 0.05) is 22.6 Å². The van der Waals surface area contributed by atoms with E-state index < -0.39 is 0 Å². The second-order valence-electron chi connectivity index (χ2n) is 4.07. The predicted octanol–water partition coefficient (Wildman–Crippen LogP) is 4.12. The van der Waals surface area contributed by atoms with E-state index in [0.29, 0.717) is 28.2 Å². The van der Waals surface area contributed by atoms with Crippen LogP contribution in [0.25, 0.3) is 0 Å². The van der Waals surface area contributed by atoms with Crippen molar-refractivity contribution in [1.29, 1.82) is 0 Å². The van der Waals surface area contributed by atoms with E-state index in [9.17, 15) is 9.59 Å². The minimum absolute atomic E-state index is 0.172. The zero-order valence-electron chi connectivity index (χ0n) is 10.9. The highest BCUT2D eigenvalue weighted by Crippen LogP contribution is 2.38. The van der Waals surface area contributed by atoms with Crippen LogP contribution in [0.3, 0.4) is 0 Å². The summed E-state index contributed by atoms with van der Waals surface area (Å²) in [6, 6.07) is 6.97. The van der Waals surface area contributed by atoms with Crippen molar-refractivity contribution in [1.82, 2.24) is 0 Å². The third-order valence-electron chi connectivity index (χ3n) is 2.74. The number of hydrogen-bond acceptors (Lipinski definition) is 4. The van der Waals surface area contributed by atoms with E-state index in [2.05, 4.69) is 13.2 Å². The van der Waals surface area contributed by atoms with Gasteiger partial charge in [-0.05, 0) is 0 Å². The largest absolute Gasteiger partial charge is 0.288 e. The topological polar surface area (TPSA) is 34.1 Å². The first-order valence-corrected chi connectivity index (χ1v) is 8.08. The van der Waals surface area contributed by atoms with Crippen molar-refractivity contribution in [2.24, 2.45) is 0 Å². The van der Waals surface area contributed by atoms with Crippen molar-refractivity contribution in [3.05, 3.63) is 70.5 Å². The Hall–Kier alpha value is -1.52. The summed E-state index contributed by atoms with van der Waals surface area (Å²) in [6.07, 6.45) is 3.52. The van der Waals surface area contributed by atoms with Gasteiger partial charge in [0.2, 0.25) is 0 Å². The molecular formula is C16H14O2S2. The van der Waals surface area contributed by atoms with Crippen LogP contribution in [-0.2, 0) is 0 Å². The number of thioether (sulfide) groups is 2. The number of benzene rings is 1. The van der Waals surface area contributed by atoms with E-state index in [1.54, 1.807) is 36.4 Å². The van der Waals surface area contributed by atoms with Crippen LogP contribution >= 0.6 is 23.5 Å². The summed E-state index contributed by atoms with van der Waals surface area (Å²) in [5.41, 5.74) is 1.30. The SMILES string of the molecule is C=CCSC(SCC=C)=C1C(=O)c2ccccc2C1=O. The summed E-state index contributed by atoms with van der Waals surface area (Å²) in [6.45, 7) is 7.35. The number of Topliss-reactive ketones (excluding diaryl/α,β-unsaturated/α-hetero) is 2. The summed E-state index contributed by atoms with van der Waals surface area (Å²) in [7, 11) is 0. The quantitative estimate of drug-likeness (QED) is 0.450. The molecule has 0 radical (unpaired) electrons. The second-order valence-corrected chi connectivity index (χ2v) is 6.38. The van der Waals surface area contributed by atoms with Crippen LogP contribution in [0.4, 0.5) is 0 Å². The number of carbonyl (C=O) groups excluding carboxylic acids is 2. The van der Waals surface area contributed by atoms with Gasteiger partial charge >= 0.3 is 0 Å². The van der Waals surface area contributed by atoms with Gasteiger partial charge in [0.25, 0.3) is 0 Å². The molecule has 0 saturated carbocycles. The molecule has 102 valence electrons. The van der Waals surface area contributed by atoms with Crippen LogP contribution in [0.5, 0.6) is 0 Å². The lowest BCUT2D eigenvalue weighted by Gasteiger charge is -2.06. The van der Waals surface area contributed by atoms with Gasteiger partial charge in [-0.2, -0.15) is 0 Å². The summed E-state index contributed by atoms with van der Waals surface area (Å²) < 4.78 is 0.760. The molecule has 2 nitrogen and oxygen atoms in total. The van der Waals surface area contributed by atoms with Gasteiger partial charge in [0.15, 0.2) is 11.6 Å². The summed E-state index contributed by atoms with van der Waals surface area (Å²) in [4.78, 5) is 24.8. The maximum absolute atomic E-state index is 12.4. The lowest BCUT2D eigenvalue weighted by molar-refractivity contribution is 0.0989. The normalized spacial score (nSPS) is 13.3. The summed E-state index contributed by atoms with van der Waals surface area (Å²) >= 11 is 2.94. The first-order chi connectivity index (χ1) is 9.70. The van der Waals surface area contributed by atoms with Gasteiger partial charge in [0.05, 0.1) is 9.81 Å². The number of allylic oxidation sites excluding steroid dienone is 1. The first-order valence-electron chi connectivity index (χ1n) is 6.10. The van der Waals surface area contributed by atoms with Crippen molar-refractivity contribution in [3.8, 4) is 0 Å². The van der Waals surface area contributed by atoms with Gasteiger partial charge in [-0.1, -0.05) is 36.4 Å². The van der Waals surface area contributed by atoms with E-state index in [1.807, 2.05) is 0 Å². The molecule has 0 aliphatic heterocycles. The number of fused-ring (bicyclic) bond motifs is 1. The fraction of sp³-hybridized carbons (Fsp3) is 0.125. The maximum Gasteiger partial charge on any atom is 0.199 e.